The lowest BCUT2D eigenvalue weighted by Gasteiger charge is -2.30. The number of rotatable bonds is 6. The molecule has 0 atom stereocenters. The maximum absolute atomic E-state index is 4.65. The number of pyridine rings is 1. The quantitative estimate of drug-likeness (QED) is 0.791. The standard InChI is InChI=1S/C23H32N4/c1-18-16-25-23(15-22(18)27-13-5-6-14-27)26-21-11-9-20(10-12-21)24-17-19-7-3-2-4-8-19/h2-4,7-8,15-16,20-21,24H,5-6,9-14,17H2,1H3,(H,25,26)/t20-,21+. The van der Waals surface area contributed by atoms with Crippen molar-refractivity contribution in [1.82, 2.24) is 10.3 Å². The van der Waals surface area contributed by atoms with Gasteiger partial charge in [-0.15, -0.1) is 0 Å². The second-order valence-electron chi connectivity index (χ2n) is 8.11. The molecule has 1 aromatic carbocycles. The van der Waals surface area contributed by atoms with Gasteiger partial charge >= 0.3 is 0 Å². The van der Waals surface area contributed by atoms with E-state index in [-0.39, 0.29) is 0 Å². The van der Waals surface area contributed by atoms with Crippen molar-refractivity contribution >= 4 is 11.5 Å². The third kappa shape index (κ3) is 4.81. The fraction of sp³-hybridized carbons (Fsp3) is 0.522. The number of benzene rings is 1. The summed E-state index contributed by atoms with van der Waals surface area (Å²) in [6.45, 7) is 5.52. The van der Waals surface area contributed by atoms with Crippen molar-refractivity contribution in [3.63, 3.8) is 0 Å². The minimum Gasteiger partial charge on any atom is -0.371 e. The van der Waals surface area contributed by atoms with Gasteiger partial charge in [-0.1, -0.05) is 30.3 Å². The fourth-order valence-electron chi connectivity index (χ4n) is 4.40. The van der Waals surface area contributed by atoms with Gasteiger partial charge in [-0.2, -0.15) is 0 Å². The highest BCUT2D eigenvalue weighted by atomic mass is 15.2. The molecule has 2 aliphatic rings. The molecule has 144 valence electrons. The molecule has 0 radical (unpaired) electrons. The van der Waals surface area contributed by atoms with Gasteiger partial charge < -0.3 is 15.5 Å². The molecule has 4 heteroatoms. The van der Waals surface area contributed by atoms with Crippen LogP contribution in [0.3, 0.4) is 0 Å². The minimum atomic E-state index is 0.543. The van der Waals surface area contributed by atoms with E-state index in [2.05, 4.69) is 63.8 Å². The van der Waals surface area contributed by atoms with E-state index in [4.69, 9.17) is 0 Å². The van der Waals surface area contributed by atoms with Crippen LogP contribution in [0.5, 0.6) is 0 Å². The van der Waals surface area contributed by atoms with Gasteiger partial charge in [-0.3, -0.25) is 0 Å². The maximum Gasteiger partial charge on any atom is 0.128 e. The number of hydrogen-bond donors (Lipinski definition) is 2. The van der Waals surface area contributed by atoms with Gasteiger partial charge in [-0.25, -0.2) is 4.98 Å². The van der Waals surface area contributed by atoms with Crippen LogP contribution in [-0.2, 0) is 6.54 Å². The molecule has 1 aromatic heterocycles. The lowest BCUT2D eigenvalue weighted by molar-refractivity contribution is 0.352. The molecule has 0 bridgehead atoms. The lowest BCUT2D eigenvalue weighted by Crippen LogP contribution is -2.36. The van der Waals surface area contributed by atoms with Crippen molar-refractivity contribution in [1.29, 1.82) is 0 Å². The molecule has 2 N–H and O–H groups in total. The summed E-state index contributed by atoms with van der Waals surface area (Å²) in [5.41, 5.74) is 4.02. The number of aryl methyl sites for hydroxylation is 1. The number of hydrogen-bond acceptors (Lipinski definition) is 4. The Morgan fingerprint density at radius 2 is 1.70 bits per heavy atom. The van der Waals surface area contributed by atoms with E-state index in [1.807, 2.05) is 6.20 Å². The Hall–Kier alpha value is -2.07. The van der Waals surface area contributed by atoms with E-state index in [1.165, 1.54) is 68.4 Å². The zero-order valence-corrected chi connectivity index (χ0v) is 16.5. The van der Waals surface area contributed by atoms with Crippen molar-refractivity contribution in [3.05, 3.63) is 53.7 Å². The molecular weight excluding hydrogens is 332 g/mol. The summed E-state index contributed by atoms with van der Waals surface area (Å²) in [5.74, 6) is 1.04. The Kier molecular flexibility index (Phi) is 5.93. The molecule has 2 fully saturated rings. The molecule has 0 amide bonds. The number of anilines is 2. The zero-order chi connectivity index (χ0) is 18.5. The van der Waals surface area contributed by atoms with Gasteiger partial charge in [0.15, 0.2) is 0 Å². The highest BCUT2D eigenvalue weighted by Crippen LogP contribution is 2.28. The van der Waals surface area contributed by atoms with E-state index in [0.29, 0.717) is 12.1 Å². The van der Waals surface area contributed by atoms with Crippen LogP contribution in [-0.4, -0.2) is 30.2 Å². The Morgan fingerprint density at radius 3 is 2.44 bits per heavy atom. The van der Waals surface area contributed by atoms with Crippen LogP contribution in [0.15, 0.2) is 42.6 Å². The Bertz CT molecular complexity index is 716. The largest absolute Gasteiger partial charge is 0.371 e. The van der Waals surface area contributed by atoms with Crippen molar-refractivity contribution in [3.8, 4) is 0 Å². The Labute approximate surface area is 163 Å². The fourth-order valence-corrected chi connectivity index (χ4v) is 4.40. The van der Waals surface area contributed by atoms with Gasteiger partial charge in [0.05, 0.1) is 0 Å². The highest BCUT2D eigenvalue weighted by molar-refractivity contribution is 5.59. The second kappa shape index (κ2) is 8.75. The molecule has 4 rings (SSSR count). The van der Waals surface area contributed by atoms with Crippen LogP contribution in [0.2, 0.25) is 0 Å². The first-order chi connectivity index (χ1) is 13.3. The summed E-state index contributed by atoms with van der Waals surface area (Å²) in [7, 11) is 0. The molecule has 0 spiro atoms. The Morgan fingerprint density at radius 1 is 1.00 bits per heavy atom. The molecule has 4 nitrogen and oxygen atoms in total. The van der Waals surface area contributed by atoms with Gasteiger partial charge in [0.2, 0.25) is 0 Å². The molecule has 27 heavy (non-hydrogen) atoms. The second-order valence-corrected chi connectivity index (χ2v) is 8.11. The topological polar surface area (TPSA) is 40.2 Å². The van der Waals surface area contributed by atoms with Crippen LogP contribution in [0.4, 0.5) is 11.5 Å². The van der Waals surface area contributed by atoms with Gasteiger partial charge in [-0.05, 0) is 56.6 Å². The zero-order valence-electron chi connectivity index (χ0n) is 16.5. The van der Waals surface area contributed by atoms with Gasteiger partial charge in [0.25, 0.3) is 0 Å². The van der Waals surface area contributed by atoms with E-state index >= 15 is 0 Å². The molecule has 1 aliphatic heterocycles. The third-order valence-corrected chi connectivity index (χ3v) is 6.04. The molecule has 1 aliphatic carbocycles. The third-order valence-electron chi connectivity index (χ3n) is 6.04. The van der Waals surface area contributed by atoms with Crippen molar-refractivity contribution < 1.29 is 0 Å². The van der Waals surface area contributed by atoms with Crippen LogP contribution in [0, 0.1) is 6.92 Å². The average Bonchev–Trinajstić information content (AvgIpc) is 3.24. The first-order valence-corrected chi connectivity index (χ1v) is 10.5. The van der Waals surface area contributed by atoms with Crippen molar-refractivity contribution in [2.75, 3.05) is 23.3 Å². The van der Waals surface area contributed by atoms with E-state index in [0.717, 1.165) is 12.4 Å². The van der Waals surface area contributed by atoms with E-state index < -0.39 is 0 Å². The SMILES string of the molecule is Cc1cnc(N[C@H]2CC[C@@H](NCc3ccccc3)CC2)cc1N1CCCC1. The van der Waals surface area contributed by atoms with Crippen LogP contribution in [0.1, 0.15) is 49.7 Å². The molecule has 2 aromatic rings. The predicted molar refractivity (Wildman–Crippen MR) is 113 cm³/mol. The minimum absolute atomic E-state index is 0.543. The van der Waals surface area contributed by atoms with Gasteiger partial charge in [0.1, 0.15) is 5.82 Å². The molecule has 1 saturated heterocycles. The van der Waals surface area contributed by atoms with Crippen LogP contribution < -0.4 is 15.5 Å². The molecular formula is C23H32N4. The maximum atomic E-state index is 4.65. The monoisotopic (exact) mass is 364 g/mol. The predicted octanol–water partition coefficient (Wildman–Crippen LogP) is 4.50. The van der Waals surface area contributed by atoms with E-state index in [9.17, 15) is 0 Å². The average molecular weight is 365 g/mol. The number of aromatic nitrogens is 1. The number of nitrogens with zero attached hydrogens (tertiary/aromatic N) is 2. The summed E-state index contributed by atoms with van der Waals surface area (Å²) < 4.78 is 0. The summed E-state index contributed by atoms with van der Waals surface area (Å²) in [6, 6.07) is 14.1. The normalized spacial score (nSPS) is 22.8. The number of nitrogens with one attached hydrogen (secondary N) is 2. The first-order valence-electron chi connectivity index (χ1n) is 10.5. The van der Waals surface area contributed by atoms with Crippen LogP contribution >= 0.6 is 0 Å². The molecule has 1 saturated carbocycles. The summed E-state index contributed by atoms with van der Waals surface area (Å²) in [5, 5.41) is 7.43. The Balaban J connectivity index is 1.27. The molecule has 0 unspecified atom stereocenters. The lowest BCUT2D eigenvalue weighted by atomic mass is 9.91. The molecule has 2 heterocycles. The summed E-state index contributed by atoms with van der Waals surface area (Å²) in [6.07, 6.45) is 9.53. The van der Waals surface area contributed by atoms with Gasteiger partial charge in [0, 0.05) is 49.7 Å². The summed E-state index contributed by atoms with van der Waals surface area (Å²) >= 11 is 0. The highest BCUT2D eigenvalue weighted by Gasteiger charge is 2.22. The van der Waals surface area contributed by atoms with Crippen molar-refractivity contribution in [2.24, 2.45) is 0 Å². The van der Waals surface area contributed by atoms with Crippen molar-refractivity contribution in [2.45, 2.75) is 64.1 Å². The first kappa shape index (κ1) is 18.3. The smallest absolute Gasteiger partial charge is 0.128 e. The summed E-state index contributed by atoms with van der Waals surface area (Å²) in [4.78, 5) is 7.15. The van der Waals surface area contributed by atoms with E-state index in [1.54, 1.807) is 0 Å². The van der Waals surface area contributed by atoms with Crippen LogP contribution in [0.25, 0.3) is 0 Å².